The van der Waals surface area contributed by atoms with Crippen molar-refractivity contribution in [2.45, 2.75) is 78.0 Å². The average Bonchev–Trinajstić information content (AvgIpc) is 2.81. The van der Waals surface area contributed by atoms with Gasteiger partial charge in [-0.2, -0.15) is 0 Å². The molecule has 0 bridgehead atoms. The third kappa shape index (κ3) is 7.00. The summed E-state index contributed by atoms with van der Waals surface area (Å²) >= 11 is 2.50. The van der Waals surface area contributed by atoms with Crippen LogP contribution in [0.15, 0.2) is 66.7 Å². The van der Waals surface area contributed by atoms with E-state index in [1.165, 1.54) is 14.7 Å². The molecule has 35 heavy (non-hydrogen) atoms. The molecule has 3 aromatic rings. The number of halogens is 1. The highest BCUT2D eigenvalue weighted by molar-refractivity contribution is 14.1. The van der Waals surface area contributed by atoms with Crippen LogP contribution in [0.3, 0.4) is 0 Å². The molecule has 0 aliphatic heterocycles. The van der Waals surface area contributed by atoms with E-state index in [1.54, 1.807) is 0 Å². The molecule has 5 heteroatoms. The van der Waals surface area contributed by atoms with Crippen LogP contribution in [0.4, 0.5) is 0 Å². The van der Waals surface area contributed by atoms with Gasteiger partial charge < -0.3 is 9.05 Å². The van der Waals surface area contributed by atoms with Crippen LogP contribution in [-0.2, 0) is 0 Å². The summed E-state index contributed by atoms with van der Waals surface area (Å²) < 4.78 is 14.6. The molecule has 3 rings (SSSR count). The minimum absolute atomic E-state index is 0.504. The topological polar surface area (TPSA) is 18.5 Å². The van der Waals surface area contributed by atoms with Gasteiger partial charge in [0.1, 0.15) is 11.5 Å². The SMILES string of the molecule is CC(C)P(Oc1ccccc1-c1cccc(-c2ccccc2OP(C(C)C)C(C)C)c1I)C(C)C. The zero-order valence-electron chi connectivity index (χ0n) is 22.2. The van der Waals surface area contributed by atoms with Crippen LogP contribution in [0.2, 0.25) is 0 Å². The minimum Gasteiger partial charge on any atom is -0.473 e. The van der Waals surface area contributed by atoms with Crippen LogP contribution in [-0.4, -0.2) is 22.6 Å². The van der Waals surface area contributed by atoms with Gasteiger partial charge in [0.25, 0.3) is 0 Å². The molecule has 0 atom stereocenters. The van der Waals surface area contributed by atoms with E-state index in [0.29, 0.717) is 22.6 Å². The van der Waals surface area contributed by atoms with Gasteiger partial charge in [-0.05, 0) is 45.9 Å². The van der Waals surface area contributed by atoms with Crippen LogP contribution in [0.1, 0.15) is 55.4 Å². The van der Waals surface area contributed by atoms with E-state index in [4.69, 9.17) is 9.05 Å². The Bertz CT molecular complexity index is 1010. The highest BCUT2D eigenvalue weighted by atomic mass is 127. The fraction of sp³-hybridized carbons (Fsp3) is 0.400. The Balaban J connectivity index is 2.07. The summed E-state index contributed by atoms with van der Waals surface area (Å²) in [4.78, 5) is 0. The van der Waals surface area contributed by atoms with E-state index in [0.717, 1.165) is 22.6 Å². The molecular weight excluding hydrogens is 581 g/mol. The fourth-order valence-electron chi connectivity index (χ4n) is 4.33. The second kappa shape index (κ2) is 12.9. The molecule has 2 nitrogen and oxygen atoms in total. The Kier molecular flexibility index (Phi) is 10.5. The molecule has 0 radical (unpaired) electrons. The standard InChI is InChI=1S/C30H39IO2P2/c1-20(2)34(21(3)4)32-28-18-11-9-14-24(28)26-16-13-17-27(30(26)31)25-15-10-12-19-29(25)33-35(22(5)6)23(7)8/h9-23H,1-8H3. The van der Waals surface area contributed by atoms with Crippen molar-refractivity contribution in [2.75, 3.05) is 0 Å². The largest absolute Gasteiger partial charge is 0.473 e. The third-order valence-corrected chi connectivity index (χ3v) is 11.8. The number of hydrogen-bond donors (Lipinski definition) is 0. The molecule has 188 valence electrons. The van der Waals surface area contributed by atoms with Gasteiger partial charge in [0.15, 0.2) is 0 Å². The van der Waals surface area contributed by atoms with E-state index in [9.17, 15) is 0 Å². The van der Waals surface area contributed by atoms with Gasteiger partial charge in [0.2, 0.25) is 0 Å². The Labute approximate surface area is 229 Å². The molecule has 0 spiro atoms. The van der Waals surface area contributed by atoms with E-state index in [2.05, 4.69) is 145 Å². The Morgan fingerprint density at radius 3 is 1.14 bits per heavy atom. The van der Waals surface area contributed by atoms with Crippen LogP contribution >= 0.6 is 38.9 Å². The first kappa shape index (κ1) is 28.4. The van der Waals surface area contributed by atoms with E-state index < -0.39 is 16.3 Å². The predicted molar refractivity (Wildman–Crippen MR) is 166 cm³/mol. The Morgan fingerprint density at radius 2 is 0.800 bits per heavy atom. The molecule has 0 amide bonds. The van der Waals surface area contributed by atoms with Crippen molar-refractivity contribution in [3.8, 4) is 33.8 Å². The molecule has 0 saturated carbocycles. The highest BCUT2D eigenvalue weighted by Crippen LogP contribution is 2.52. The monoisotopic (exact) mass is 620 g/mol. The summed E-state index contributed by atoms with van der Waals surface area (Å²) in [5.41, 5.74) is 6.72. The Hall–Kier alpha value is -1.15. The normalized spacial score (nSPS) is 12.0. The molecule has 3 aromatic carbocycles. The molecule has 0 aliphatic carbocycles. The van der Waals surface area contributed by atoms with Gasteiger partial charge >= 0.3 is 0 Å². The van der Waals surface area contributed by atoms with E-state index >= 15 is 0 Å². The molecule has 0 unspecified atom stereocenters. The van der Waals surface area contributed by atoms with Crippen LogP contribution in [0.5, 0.6) is 11.5 Å². The maximum Gasteiger partial charge on any atom is 0.131 e. The first-order chi connectivity index (χ1) is 16.6. The molecule has 0 aliphatic rings. The maximum atomic E-state index is 6.69. The van der Waals surface area contributed by atoms with Gasteiger partial charge in [-0.25, -0.2) is 0 Å². The van der Waals surface area contributed by atoms with Gasteiger partial charge in [0.05, 0.1) is 16.3 Å². The van der Waals surface area contributed by atoms with Gasteiger partial charge in [-0.15, -0.1) is 0 Å². The van der Waals surface area contributed by atoms with Crippen LogP contribution in [0.25, 0.3) is 22.3 Å². The molecule has 0 N–H and O–H groups in total. The summed E-state index contributed by atoms with van der Waals surface area (Å²) in [5.74, 6) is 1.95. The van der Waals surface area contributed by atoms with Crippen molar-refractivity contribution in [1.82, 2.24) is 0 Å². The van der Waals surface area contributed by atoms with Crippen molar-refractivity contribution < 1.29 is 9.05 Å². The number of benzene rings is 3. The van der Waals surface area contributed by atoms with Crippen molar-refractivity contribution >= 4 is 38.9 Å². The van der Waals surface area contributed by atoms with E-state index in [-0.39, 0.29) is 0 Å². The molecular formula is C30H39IO2P2. The van der Waals surface area contributed by atoms with Gasteiger partial charge in [0, 0.05) is 37.3 Å². The Morgan fingerprint density at radius 1 is 0.486 bits per heavy atom. The van der Waals surface area contributed by atoms with E-state index in [1.807, 2.05) is 0 Å². The van der Waals surface area contributed by atoms with Gasteiger partial charge in [-0.1, -0.05) is 110 Å². The van der Waals surface area contributed by atoms with Crippen molar-refractivity contribution in [2.24, 2.45) is 0 Å². The van der Waals surface area contributed by atoms with Crippen molar-refractivity contribution in [3.63, 3.8) is 0 Å². The lowest BCUT2D eigenvalue weighted by molar-refractivity contribution is 0.594. The maximum absolute atomic E-state index is 6.69. The second-order valence-electron chi connectivity index (χ2n) is 9.94. The molecule has 0 saturated heterocycles. The van der Waals surface area contributed by atoms with Crippen LogP contribution in [0, 0.1) is 3.57 Å². The molecule has 0 heterocycles. The summed E-state index contributed by atoms with van der Waals surface area (Å²) in [6.07, 6.45) is 0. The first-order valence-corrected chi connectivity index (χ1v) is 16.4. The lowest BCUT2D eigenvalue weighted by Gasteiger charge is -2.27. The number of para-hydroxylation sites is 2. The zero-order chi connectivity index (χ0) is 25.7. The number of rotatable bonds is 10. The van der Waals surface area contributed by atoms with Crippen molar-refractivity contribution in [1.29, 1.82) is 0 Å². The summed E-state index contributed by atoms with van der Waals surface area (Å²) in [6.45, 7) is 18.1. The summed E-state index contributed by atoms with van der Waals surface area (Å²) in [5, 5.41) is 0. The molecule has 0 fully saturated rings. The second-order valence-corrected chi connectivity index (χ2v) is 17.0. The summed E-state index contributed by atoms with van der Waals surface area (Å²) in [7, 11) is -1.14. The lowest BCUT2D eigenvalue weighted by atomic mass is 9.98. The minimum atomic E-state index is -0.571. The van der Waals surface area contributed by atoms with Crippen molar-refractivity contribution in [3.05, 3.63) is 70.3 Å². The third-order valence-electron chi connectivity index (χ3n) is 5.80. The molecule has 0 aromatic heterocycles. The summed E-state index contributed by atoms with van der Waals surface area (Å²) in [6, 6.07) is 23.5. The van der Waals surface area contributed by atoms with Crippen LogP contribution < -0.4 is 9.05 Å². The zero-order valence-corrected chi connectivity index (χ0v) is 26.2. The first-order valence-electron chi connectivity index (χ1n) is 12.5. The number of hydrogen-bond acceptors (Lipinski definition) is 2. The lowest BCUT2D eigenvalue weighted by Crippen LogP contribution is -2.09. The average molecular weight is 620 g/mol. The fourth-order valence-corrected chi connectivity index (χ4v) is 9.27. The smallest absolute Gasteiger partial charge is 0.131 e. The quantitative estimate of drug-likeness (QED) is 0.166. The van der Waals surface area contributed by atoms with Gasteiger partial charge in [-0.3, -0.25) is 0 Å². The highest BCUT2D eigenvalue weighted by Gasteiger charge is 2.24. The predicted octanol–water partition coefficient (Wildman–Crippen LogP) is 10.8.